The van der Waals surface area contributed by atoms with Crippen LogP contribution in [0.25, 0.3) is 11.0 Å². The van der Waals surface area contributed by atoms with Crippen molar-refractivity contribution in [1.82, 2.24) is 24.2 Å². The van der Waals surface area contributed by atoms with Crippen molar-refractivity contribution in [3.8, 4) is 11.8 Å². The Bertz CT molecular complexity index is 1450. The molecule has 11 heteroatoms. The number of amides is 2. The summed E-state index contributed by atoms with van der Waals surface area (Å²) in [4.78, 5) is 31.0. The summed E-state index contributed by atoms with van der Waals surface area (Å²) >= 11 is 0. The number of hydrogen-bond donors (Lipinski definition) is 2. The van der Waals surface area contributed by atoms with E-state index >= 15 is 0 Å². The van der Waals surface area contributed by atoms with Gasteiger partial charge in [0.05, 0.1) is 35.3 Å². The monoisotopic (exact) mass is 507 g/mol. The van der Waals surface area contributed by atoms with Crippen molar-refractivity contribution in [3.63, 3.8) is 0 Å². The van der Waals surface area contributed by atoms with Crippen molar-refractivity contribution in [2.45, 2.75) is 38.9 Å². The fourth-order valence-corrected chi connectivity index (χ4v) is 4.95. The molecule has 37 heavy (non-hydrogen) atoms. The first-order chi connectivity index (χ1) is 17.7. The SMILES string of the molecule is C=CC(=O)N1C[C@@H](n2nc(C#Cc3cc4nc(C)n(CC)c4cc3F)c(C(N)=O)c2NC)C[C@@H]1COC. The predicted octanol–water partition coefficient (Wildman–Crippen LogP) is 2.22. The number of methoxy groups -OCH3 is 1. The van der Waals surface area contributed by atoms with Crippen LogP contribution in [0.3, 0.4) is 0 Å². The number of fused-ring (bicyclic) bond motifs is 1. The lowest BCUT2D eigenvalue weighted by Gasteiger charge is -2.22. The molecule has 0 radical (unpaired) electrons. The van der Waals surface area contributed by atoms with Gasteiger partial charge in [0.25, 0.3) is 5.91 Å². The molecule has 1 aliphatic heterocycles. The van der Waals surface area contributed by atoms with Gasteiger partial charge in [-0.05, 0) is 38.3 Å². The van der Waals surface area contributed by atoms with Crippen LogP contribution in [0.2, 0.25) is 0 Å². The second-order valence-electron chi connectivity index (χ2n) is 8.80. The van der Waals surface area contributed by atoms with Crippen LogP contribution < -0.4 is 11.1 Å². The Morgan fingerprint density at radius 3 is 2.76 bits per heavy atom. The highest BCUT2D eigenvalue weighted by Gasteiger charge is 2.37. The van der Waals surface area contributed by atoms with Crippen LogP contribution in [0.5, 0.6) is 0 Å². The highest BCUT2D eigenvalue weighted by atomic mass is 19.1. The molecule has 0 unspecified atom stereocenters. The lowest BCUT2D eigenvalue weighted by molar-refractivity contribution is -0.127. The molecule has 3 heterocycles. The fourth-order valence-electron chi connectivity index (χ4n) is 4.95. The number of halogens is 1. The van der Waals surface area contributed by atoms with Gasteiger partial charge in [-0.3, -0.25) is 9.59 Å². The number of imidazole rings is 1. The summed E-state index contributed by atoms with van der Waals surface area (Å²) in [6.45, 7) is 8.76. The lowest BCUT2D eigenvalue weighted by atomic mass is 10.1. The first-order valence-corrected chi connectivity index (χ1v) is 11.9. The number of carbonyl (C=O) groups excluding carboxylic acids is 2. The summed E-state index contributed by atoms with van der Waals surface area (Å²) in [5, 5.41) is 7.56. The molecule has 0 saturated carbocycles. The van der Waals surface area contributed by atoms with E-state index in [-0.39, 0.29) is 34.8 Å². The van der Waals surface area contributed by atoms with E-state index in [4.69, 9.17) is 10.5 Å². The van der Waals surface area contributed by atoms with Crippen molar-refractivity contribution in [3.05, 3.63) is 53.3 Å². The van der Waals surface area contributed by atoms with Crippen molar-refractivity contribution >= 4 is 28.7 Å². The largest absolute Gasteiger partial charge is 0.383 e. The van der Waals surface area contributed by atoms with E-state index in [1.807, 2.05) is 18.4 Å². The zero-order valence-electron chi connectivity index (χ0n) is 21.3. The minimum absolute atomic E-state index is 0.0966. The number of likely N-dealkylation sites (tertiary alicyclic amines) is 1. The van der Waals surface area contributed by atoms with Crippen LogP contribution in [-0.2, 0) is 16.1 Å². The number of benzene rings is 1. The van der Waals surface area contributed by atoms with Crippen LogP contribution in [0.1, 0.15) is 46.8 Å². The van der Waals surface area contributed by atoms with E-state index in [0.29, 0.717) is 43.0 Å². The van der Waals surface area contributed by atoms with Gasteiger partial charge in [0, 0.05) is 33.3 Å². The number of nitrogens with one attached hydrogen (secondary N) is 1. The van der Waals surface area contributed by atoms with Crippen LogP contribution >= 0.6 is 0 Å². The van der Waals surface area contributed by atoms with E-state index in [9.17, 15) is 14.0 Å². The van der Waals surface area contributed by atoms with E-state index < -0.39 is 11.7 Å². The summed E-state index contributed by atoms with van der Waals surface area (Å²) < 4.78 is 23.8. The number of hydrogen-bond acceptors (Lipinski definition) is 6. The number of aromatic nitrogens is 4. The molecule has 4 rings (SSSR count). The summed E-state index contributed by atoms with van der Waals surface area (Å²) in [7, 11) is 3.21. The standard InChI is InChI=1S/C26H30FN7O3/c1-6-23(35)33-13-17(11-18(33)14-37-5)34-26(29-4)24(25(28)36)20(31-34)9-8-16-10-21-22(12-19(16)27)32(7-2)15(3)30-21/h6,10,12,17-18,29H,1,7,11,13-14H2,2-5H3,(H2,28,36)/t17-,18+/m0/s1. The Morgan fingerprint density at radius 2 is 2.14 bits per heavy atom. The smallest absolute Gasteiger partial charge is 0.255 e. The molecule has 0 aliphatic carbocycles. The third-order valence-corrected chi connectivity index (χ3v) is 6.61. The molecule has 2 atom stereocenters. The van der Waals surface area contributed by atoms with Gasteiger partial charge in [-0.1, -0.05) is 12.5 Å². The van der Waals surface area contributed by atoms with E-state index in [1.54, 1.807) is 29.8 Å². The molecule has 0 spiro atoms. The maximum absolute atomic E-state index is 14.9. The van der Waals surface area contributed by atoms with E-state index in [1.165, 1.54) is 12.1 Å². The minimum Gasteiger partial charge on any atom is -0.383 e. The normalized spacial score (nSPS) is 17.1. The number of aryl methyl sites for hydroxylation is 2. The molecule has 3 N–H and O–H groups in total. The van der Waals surface area contributed by atoms with Gasteiger partial charge in [-0.25, -0.2) is 14.1 Å². The highest BCUT2D eigenvalue weighted by molar-refractivity contribution is 6.00. The third kappa shape index (κ3) is 4.68. The van der Waals surface area contributed by atoms with Gasteiger partial charge in [0.15, 0.2) is 5.69 Å². The predicted molar refractivity (Wildman–Crippen MR) is 138 cm³/mol. The van der Waals surface area contributed by atoms with Gasteiger partial charge in [0.2, 0.25) is 5.91 Å². The van der Waals surface area contributed by atoms with Crippen LogP contribution in [0, 0.1) is 24.6 Å². The Labute approximate surface area is 214 Å². The molecular weight excluding hydrogens is 477 g/mol. The molecule has 0 bridgehead atoms. The van der Waals surface area contributed by atoms with Gasteiger partial charge >= 0.3 is 0 Å². The first-order valence-electron chi connectivity index (χ1n) is 11.9. The summed E-state index contributed by atoms with van der Waals surface area (Å²) in [6.07, 6.45) is 1.80. The molecule has 1 aliphatic rings. The van der Waals surface area contributed by atoms with E-state index in [2.05, 4.69) is 33.8 Å². The number of nitrogens with two attached hydrogens (primary N) is 1. The van der Waals surface area contributed by atoms with Crippen molar-refractivity contribution in [1.29, 1.82) is 0 Å². The topological polar surface area (TPSA) is 120 Å². The molecule has 3 aromatic rings. The summed E-state index contributed by atoms with van der Waals surface area (Å²) in [6, 6.07) is 2.54. The Hall–Kier alpha value is -4.17. The van der Waals surface area contributed by atoms with Gasteiger partial charge in [-0.2, -0.15) is 5.10 Å². The summed E-state index contributed by atoms with van der Waals surface area (Å²) in [5.74, 6) is 5.35. The number of ether oxygens (including phenoxy) is 1. The Balaban J connectivity index is 1.76. The molecule has 2 aromatic heterocycles. The number of carbonyl (C=O) groups is 2. The third-order valence-electron chi connectivity index (χ3n) is 6.61. The average molecular weight is 508 g/mol. The molecule has 2 amide bonds. The zero-order valence-corrected chi connectivity index (χ0v) is 21.3. The van der Waals surface area contributed by atoms with Crippen molar-refractivity contribution in [2.24, 2.45) is 5.73 Å². The van der Waals surface area contributed by atoms with Gasteiger partial charge in [0.1, 0.15) is 23.0 Å². The highest BCUT2D eigenvalue weighted by Crippen LogP contribution is 2.32. The Morgan fingerprint density at radius 1 is 1.38 bits per heavy atom. The minimum atomic E-state index is -0.724. The number of rotatable bonds is 7. The van der Waals surface area contributed by atoms with Gasteiger partial charge < -0.3 is 25.3 Å². The molecule has 194 valence electrons. The molecular formula is C26H30FN7O3. The average Bonchev–Trinajstić information content (AvgIpc) is 3.54. The molecule has 10 nitrogen and oxygen atoms in total. The van der Waals surface area contributed by atoms with Crippen LogP contribution in [0.4, 0.5) is 10.2 Å². The van der Waals surface area contributed by atoms with Crippen molar-refractivity contribution in [2.75, 3.05) is 32.6 Å². The van der Waals surface area contributed by atoms with Crippen LogP contribution in [0.15, 0.2) is 24.8 Å². The zero-order chi connectivity index (χ0) is 26.9. The van der Waals surface area contributed by atoms with Gasteiger partial charge in [-0.15, -0.1) is 0 Å². The van der Waals surface area contributed by atoms with Crippen molar-refractivity contribution < 1.29 is 18.7 Å². The first kappa shape index (κ1) is 25.9. The van der Waals surface area contributed by atoms with E-state index in [0.717, 1.165) is 5.82 Å². The summed E-state index contributed by atoms with van der Waals surface area (Å²) in [5.41, 5.74) is 7.36. The lowest BCUT2D eigenvalue weighted by Crippen LogP contribution is -2.37. The number of anilines is 1. The fraction of sp³-hybridized carbons (Fsp3) is 0.385. The van der Waals surface area contributed by atoms with Crippen LogP contribution in [-0.4, -0.2) is 69.4 Å². The number of primary amides is 1. The quantitative estimate of drug-likeness (QED) is 0.374. The second kappa shape index (κ2) is 10.4. The molecule has 1 saturated heterocycles. The Kier molecular flexibility index (Phi) is 7.31. The maximum Gasteiger partial charge on any atom is 0.255 e. The molecule has 1 fully saturated rings. The maximum atomic E-state index is 14.9. The second-order valence-corrected chi connectivity index (χ2v) is 8.80. The molecule has 1 aromatic carbocycles. The number of nitrogens with zero attached hydrogens (tertiary/aromatic N) is 5.